The molecule has 5 nitrogen and oxygen atoms in total. The molecule has 0 aliphatic carbocycles. The number of H-pyrrole nitrogens is 1. The zero-order valence-electron chi connectivity index (χ0n) is 9.94. The maximum Gasteiger partial charge on any atom is 0.181 e. The fourth-order valence-electron chi connectivity index (χ4n) is 1.82. The number of aromatic amines is 1. The average Bonchev–Trinajstić information content (AvgIpc) is 2.93. The normalized spacial score (nSPS) is 11.1. The van der Waals surface area contributed by atoms with E-state index in [2.05, 4.69) is 31.1 Å². The predicted octanol–water partition coefficient (Wildman–Crippen LogP) is 3.05. The highest BCUT2D eigenvalue weighted by atomic mass is 79.9. The van der Waals surface area contributed by atoms with Gasteiger partial charge < -0.3 is 9.32 Å². The number of aromatic nitrogens is 3. The van der Waals surface area contributed by atoms with Gasteiger partial charge in [0.05, 0.1) is 10.2 Å². The fourth-order valence-corrected chi connectivity index (χ4v) is 2.58. The third-order valence-electron chi connectivity index (χ3n) is 2.73. The van der Waals surface area contributed by atoms with Crippen LogP contribution in [0.2, 0.25) is 0 Å². The van der Waals surface area contributed by atoms with Gasteiger partial charge in [0.1, 0.15) is 5.52 Å². The molecule has 1 N–H and O–H groups in total. The van der Waals surface area contributed by atoms with E-state index in [0.717, 1.165) is 32.6 Å². The molecule has 3 aromatic rings. The summed E-state index contributed by atoms with van der Waals surface area (Å²) in [6.07, 6.45) is 1.45. The molecule has 0 saturated carbocycles. The first-order valence-electron chi connectivity index (χ1n) is 5.41. The first kappa shape index (κ1) is 11.3. The van der Waals surface area contributed by atoms with Crippen molar-refractivity contribution >= 4 is 32.8 Å². The minimum atomic E-state index is 0.764. The van der Waals surface area contributed by atoms with Crippen molar-refractivity contribution in [3.05, 3.63) is 29.1 Å². The number of rotatable bonds is 2. The van der Waals surface area contributed by atoms with E-state index in [1.54, 1.807) is 0 Å². The Hall–Kier alpha value is -1.82. The highest BCUT2D eigenvalue weighted by molar-refractivity contribution is 9.10. The molecule has 2 aromatic heterocycles. The molecular weight excluding hydrogens is 296 g/mol. The summed E-state index contributed by atoms with van der Waals surface area (Å²) in [5, 5.41) is 7.30. The van der Waals surface area contributed by atoms with Crippen molar-refractivity contribution in [2.24, 2.45) is 0 Å². The first-order valence-corrected chi connectivity index (χ1v) is 6.21. The molecule has 92 valence electrons. The lowest BCUT2D eigenvalue weighted by atomic mass is 10.1. The van der Waals surface area contributed by atoms with Crippen LogP contribution in [0, 0.1) is 0 Å². The summed E-state index contributed by atoms with van der Waals surface area (Å²) >= 11 is 3.56. The number of nitrogens with one attached hydrogen (secondary N) is 1. The number of benzene rings is 1. The predicted molar refractivity (Wildman–Crippen MR) is 73.6 cm³/mol. The second kappa shape index (κ2) is 4.13. The highest BCUT2D eigenvalue weighted by Crippen LogP contribution is 2.34. The van der Waals surface area contributed by atoms with Crippen LogP contribution < -0.4 is 4.90 Å². The molecule has 0 aliphatic heterocycles. The molecule has 6 heteroatoms. The summed E-state index contributed by atoms with van der Waals surface area (Å²) in [4.78, 5) is 6.04. The Balaban J connectivity index is 2.13. The number of nitrogens with zero attached hydrogens (tertiary/aromatic N) is 3. The number of hydrogen-bond acceptors (Lipinski definition) is 4. The summed E-state index contributed by atoms with van der Waals surface area (Å²) < 4.78 is 6.24. The van der Waals surface area contributed by atoms with Gasteiger partial charge in [-0.25, -0.2) is 4.98 Å². The van der Waals surface area contributed by atoms with Gasteiger partial charge in [-0.05, 0) is 28.1 Å². The van der Waals surface area contributed by atoms with Crippen LogP contribution in [0.4, 0.5) is 5.82 Å². The lowest BCUT2D eigenvalue weighted by Crippen LogP contribution is -2.09. The van der Waals surface area contributed by atoms with Crippen LogP contribution >= 0.6 is 15.9 Å². The van der Waals surface area contributed by atoms with Crippen molar-refractivity contribution in [1.82, 2.24) is 15.2 Å². The highest BCUT2D eigenvalue weighted by Gasteiger charge is 2.14. The molecule has 1 aromatic carbocycles. The Labute approximate surface area is 112 Å². The molecule has 0 aliphatic rings. The molecule has 0 saturated heterocycles. The van der Waals surface area contributed by atoms with Gasteiger partial charge in [-0.1, -0.05) is 6.07 Å². The fraction of sp³-hybridized carbons (Fsp3) is 0.167. The number of oxazole rings is 1. The van der Waals surface area contributed by atoms with E-state index in [9.17, 15) is 0 Å². The van der Waals surface area contributed by atoms with Gasteiger partial charge in [-0.3, -0.25) is 5.10 Å². The molecule has 0 amide bonds. The van der Waals surface area contributed by atoms with E-state index < -0.39 is 0 Å². The number of anilines is 1. The Kier molecular flexibility index (Phi) is 2.59. The molecule has 0 unspecified atom stereocenters. The molecule has 0 fully saturated rings. The molecule has 2 heterocycles. The lowest BCUT2D eigenvalue weighted by Gasteiger charge is -2.08. The van der Waals surface area contributed by atoms with Crippen molar-refractivity contribution < 1.29 is 4.42 Å². The number of hydrogen-bond donors (Lipinski definition) is 1. The summed E-state index contributed by atoms with van der Waals surface area (Å²) in [7, 11) is 3.90. The van der Waals surface area contributed by atoms with E-state index in [-0.39, 0.29) is 0 Å². The lowest BCUT2D eigenvalue weighted by molar-refractivity contribution is 0.602. The monoisotopic (exact) mass is 306 g/mol. The van der Waals surface area contributed by atoms with Gasteiger partial charge in [0.2, 0.25) is 0 Å². The van der Waals surface area contributed by atoms with Crippen LogP contribution in [0.1, 0.15) is 0 Å². The van der Waals surface area contributed by atoms with Crippen LogP contribution in [0.3, 0.4) is 0 Å². The summed E-state index contributed by atoms with van der Waals surface area (Å²) in [6, 6.07) is 5.86. The zero-order valence-corrected chi connectivity index (χ0v) is 11.5. The second-order valence-electron chi connectivity index (χ2n) is 4.17. The molecule has 0 bridgehead atoms. The van der Waals surface area contributed by atoms with Crippen LogP contribution in [0.5, 0.6) is 0 Å². The van der Waals surface area contributed by atoms with Gasteiger partial charge in [0, 0.05) is 19.7 Å². The molecule has 3 rings (SSSR count). The van der Waals surface area contributed by atoms with E-state index in [0.29, 0.717) is 0 Å². The van der Waals surface area contributed by atoms with Gasteiger partial charge in [-0.15, -0.1) is 0 Å². The van der Waals surface area contributed by atoms with Crippen molar-refractivity contribution in [3.8, 4) is 11.3 Å². The van der Waals surface area contributed by atoms with E-state index >= 15 is 0 Å². The standard InChI is InChI=1S/C12H11BrN4O/c1-17(2)12-10(13)11(15-16-12)7-3-4-8-9(5-7)18-6-14-8/h3-6H,1-2H3,(H,15,16). The molecule has 0 atom stereocenters. The van der Waals surface area contributed by atoms with Gasteiger partial charge >= 0.3 is 0 Å². The molecule has 0 spiro atoms. The van der Waals surface area contributed by atoms with Crippen molar-refractivity contribution in [1.29, 1.82) is 0 Å². The first-order chi connectivity index (χ1) is 8.66. The van der Waals surface area contributed by atoms with Crippen LogP contribution in [0.15, 0.2) is 33.5 Å². The Morgan fingerprint density at radius 2 is 2.17 bits per heavy atom. The molecular formula is C12H11BrN4O. The number of halogens is 1. The second-order valence-corrected chi connectivity index (χ2v) is 4.96. The van der Waals surface area contributed by atoms with Crippen molar-refractivity contribution in [2.45, 2.75) is 0 Å². The van der Waals surface area contributed by atoms with Crippen molar-refractivity contribution in [2.75, 3.05) is 19.0 Å². The van der Waals surface area contributed by atoms with E-state index in [1.807, 2.05) is 37.2 Å². The molecule has 0 radical (unpaired) electrons. The van der Waals surface area contributed by atoms with Crippen LogP contribution in [0.25, 0.3) is 22.4 Å². The van der Waals surface area contributed by atoms with Gasteiger partial charge in [0.25, 0.3) is 0 Å². The van der Waals surface area contributed by atoms with Crippen LogP contribution in [-0.2, 0) is 0 Å². The van der Waals surface area contributed by atoms with E-state index in [4.69, 9.17) is 4.42 Å². The Morgan fingerprint density at radius 3 is 2.89 bits per heavy atom. The van der Waals surface area contributed by atoms with E-state index in [1.165, 1.54) is 6.39 Å². The summed E-state index contributed by atoms with van der Waals surface area (Å²) in [5.41, 5.74) is 3.55. The van der Waals surface area contributed by atoms with Crippen molar-refractivity contribution in [3.63, 3.8) is 0 Å². The SMILES string of the molecule is CN(C)c1n[nH]c(-c2ccc3ncoc3c2)c1Br. The maximum absolute atomic E-state index is 5.30. The topological polar surface area (TPSA) is 58.0 Å². The third-order valence-corrected chi connectivity index (χ3v) is 3.48. The summed E-state index contributed by atoms with van der Waals surface area (Å²) in [6.45, 7) is 0. The maximum atomic E-state index is 5.30. The minimum absolute atomic E-state index is 0.764. The average molecular weight is 307 g/mol. The number of fused-ring (bicyclic) bond motifs is 1. The zero-order chi connectivity index (χ0) is 12.7. The van der Waals surface area contributed by atoms with Crippen LogP contribution in [-0.4, -0.2) is 29.3 Å². The largest absolute Gasteiger partial charge is 0.443 e. The Bertz CT molecular complexity index is 701. The quantitative estimate of drug-likeness (QED) is 0.790. The smallest absolute Gasteiger partial charge is 0.181 e. The molecule has 18 heavy (non-hydrogen) atoms. The minimum Gasteiger partial charge on any atom is -0.443 e. The van der Waals surface area contributed by atoms with Gasteiger partial charge in [-0.2, -0.15) is 5.10 Å². The van der Waals surface area contributed by atoms with Gasteiger partial charge in [0.15, 0.2) is 17.8 Å². The third kappa shape index (κ3) is 1.69. The Morgan fingerprint density at radius 1 is 1.33 bits per heavy atom. The summed E-state index contributed by atoms with van der Waals surface area (Å²) in [5.74, 6) is 0.864.